The average molecular weight is 274 g/mol. The lowest BCUT2D eigenvalue weighted by atomic mass is 10.2. The fourth-order valence-electron chi connectivity index (χ4n) is 1.76. The highest BCUT2D eigenvalue weighted by atomic mass is 16.4. The molecule has 0 saturated heterocycles. The number of nitrogens with zero attached hydrogens (tertiary/aromatic N) is 2. The van der Waals surface area contributed by atoms with Gasteiger partial charge in [-0.25, -0.2) is 4.79 Å². The third kappa shape index (κ3) is 3.14. The Hall–Kier alpha value is -2.83. The number of amides is 1. The Morgan fingerprint density at radius 1 is 1.40 bits per heavy atom. The van der Waals surface area contributed by atoms with Gasteiger partial charge in [0.15, 0.2) is 0 Å². The van der Waals surface area contributed by atoms with E-state index in [1.807, 2.05) is 0 Å². The van der Waals surface area contributed by atoms with Crippen LogP contribution in [0.2, 0.25) is 0 Å². The number of aromatic carboxylic acids is 1. The Balaban J connectivity index is 2.06. The number of carbonyl (C=O) groups is 2. The SMILES string of the molecule is Cc1cc(N)nn1CC(=O)Nc1cccc(C(=O)O)c1. The summed E-state index contributed by atoms with van der Waals surface area (Å²) in [5.74, 6) is -1.00. The second kappa shape index (κ2) is 5.43. The highest BCUT2D eigenvalue weighted by Crippen LogP contribution is 2.11. The van der Waals surface area contributed by atoms with E-state index in [4.69, 9.17) is 10.8 Å². The van der Waals surface area contributed by atoms with E-state index in [1.165, 1.54) is 16.8 Å². The van der Waals surface area contributed by atoms with Crippen molar-refractivity contribution in [2.75, 3.05) is 11.1 Å². The molecule has 7 nitrogen and oxygen atoms in total. The van der Waals surface area contributed by atoms with Gasteiger partial charge in [0.2, 0.25) is 5.91 Å². The summed E-state index contributed by atoms with van der Waals surface area (Å²) in [6.07, 6.45) is 0. The van der Waals surface area contributed by atoms with Gasteiger partial charge in [0.05, 0.1) is 5.56 Å². The third-order valence-corrected chi connectivity index (χ3v) is 2.69. The third-order valence-electron chi connectivity index (χ3n) is 2.69. The van der Waals surface area contributed by atoms with Crippen LogP contribution in [0.5, 0.6) is 0 Å². The van der Waals surface area contributed by atoms with Crippen molar-refractivity contribution in [1.82, 2.24) is 9.78 Å². The smallest absolute Gasteiger partial charge is 0.335 e. The lowest BCUT2D eigenvalue weighted by molar-refractivity contribution is -0.116. The van der Waals surface area contributed by atoms with E-state index >= 15 is 0 Å². The van der Waals surface area contributed by atoms with E-state index in [2.05, 4.69) is 10.4 Å². The van der Waals surface area contributed by atoms with E-state index in [0.29, 0.717) is 11.5 Å². The number of hydrogen-bond donors (Lipinski definition) is 3. The number of nitrogen functional groups attached to an aromatic ring is 1. The molecule has 0 atom stereocenters. The predicted octanol–water partition coefficient (Wildman–Crippen LogP) is 1.11. The van der Waals surface area contributed by atoms with Gasteiger partial charge in [-0.1, -0.05) is 6.07 Å². The fourth-order valence-corrected chi connectivity index (χ4v) is 1.76. The van der Waals surface area contributed by atoms with Crippen LogP contribution in [-0.2, 0) is 11.3 Å². The van der Waals surface area contributed by atoms with Gasteiger partial charge in [0.25, 0.3) is 0 Å². The Morgan fingerprint density at radius 2 is 2.15 bits per heavy atom. The zero-order valence-electron chi connectivity index (χ0n) is 10.8. The van der Waals surface area contributed by atoms with Gasteiger partial charge in [-0.05, 0) is 25.1 Å². The van der Waals surface area contributed by atoms with Gasteiger partial charge in [-0.3, -0.25) is 9.48 Å². The molecule has 2 aromatic rings. The van der Waals surface area contributed by atoms with Crippen molar-refractivity contribution in [1.29, 1.82) is 0 Å². The first-order valence-electron chi connectivity index (χ1n) is 5.89. The standard InChI is InChI=1S/C13H14N4O3/c1-8-5-11(14)16-17(8)7-12(18)15-10-4-2-3-9(6-10)13(19)20/h2-6H,7H2,1H3,(H2,14,16)(H,15,18)(H,19,20). The molecular weight excluding hydrogens is 260 g/mol. The van der Waals surface area contributed by atoms with Crippen LogP contribution in [-0.4, -0.2) is 26.8 Å². The van der Waals surface area contributed by atoms with E-state index in [0.717, 1.165) is 5.69 Å². The first-order valence-corrected chi connectivity index (χ1v) is 5.89. The molecule has 0 saturated carbocycles. The number of aromatic nitrogens is 2. The number of aryl methyl sites for hydroxylation is 1. The Bertz CT molecular complexity index is 663. The second-order valence-corrected chi connectivity index (χ2v) is 4.30. The largest absolute Gasteiger partial charge is 0.478 e. The molecule has 1 aromatic carbocycles. The topological polar surface area (TPSA) is 110 Å². The molecule has 0 fully saturated rings. The summed E-state index contributed by atoms with van der Waals surface area (Å²) in [5.41, 5.74) is 6.84. The summed E-state index contributed by atoms with van der Waals surface area (Å²) < 4.78 is 1.48. The maximum atomic E-state index is 11.9. The minimum atomic E-state index is -1.04. The molecule has 20 heavy (non-hydrogen) atoms. The van der Waals surface area contributed by atoms with E-state index in [9.17, 15) is 9.59 Å². The van der Waals surface area contributed by atoms with E-state index < -0.39 is 5.97 Å². The van der Waals surface area contributed by atoms with Crippen molar-refractivity contribution in [2.24, 2.45) is 0 Å². The number of nitrogens with two attached hydrogens (primary N) is 1. The molecule has 0 aliphatic heterocycles. The van der Waals surface area contributed by atoms with Gasteiger partial charge in [-0.15, -0.1) is 0 Å². The fraction of sp³-hybridized carbons (Fsp3) is 0.154. The molecule has 1 aromatic heterocycles. The van der Waals surface area contributed by atoms with Crippen LogP contribution in [0.4, 0.5) is 11.5 Å². The minimum absolute atomic E-state index is 0.0142. The van der Waals surface area contributed by atoms with Crippen molar-refractivity contribution in [3.05, 3.63) is 41.6 Å². The van der Waals surface area contributed by atoms with Crippen LogP contribution in [0.25, 0.3) is 0 Å². The Kier molecular flexibility index (Phi) is 3.69. The normalized spacial score (nSPS) is 10.2. The molecule has 0 unspecified atom stereocenters. The lowest BCUT2D eigenvalue weighted by Gasteiger charge is -2.07. The van der Waals surface area contributed by atoms with Crippen molar-refractivity contribution in [3.8, 4) is 0 Å². The quantitative estimate of drug-likeness (QED) is 0.773. The maximum Gasteiger partial charge on any atom is 0.335 e. The van der Waals surface area contributed by atoms with Crippen LogP contribution < -0.4 is 11.1 Å². The average Bonchev–Trinajstić information content (AvgIpc) is 2.67. The second-order valence-electron chi connectivity index (χ2n) is 4.30. The van der Waals surface area contributed by atoms with Crippen LogP contribution in [0.1, 0.15) is 16.1 Å². The number of carbonyl (C=O) groups excluding carboxylic acids is 1. The van der Waals surface area contributed by atoms with Gasteiger partial charge in [0, 0.05) is 17.4 Å². The number of benzene rings is 1. The number of nitrogens with one attached hydrogen (secondary N) is 1. The molecule has 2 rings (SSSR count). The first kappa shape index (κ1) is 13.6. The highest BCUT2D eigenvalue weighted by Gasteiger charge is 2.09. The van der Waals surface area contributed by atoms with Crippen molar-refractivity contribution in [3.63, 3.8) is 0 Å². The van der Waals surface area contributed by atoms with Crippen LogP contribution >= 0.6 is 0 Å². The summed E-state index contributed by atoms with van der Waals surface area (Å²) in [4.78, 5) is 22.7. The first-order chi connectivity index (χ1) is 9.45. The van der Waals surface area contributed by atoms with Gasteiger partial charge in [0.1, 0.15) is 12.4 Å². The predicted molar refractivity (Wildman–Crippen MR) is 73.4 cm³/mol. The number of carboxylic acid groups (broad SMARTS) is 1. The van der Waals surface area contributed by atoms with Crippen molar-refractivity contribution >= 4 is 23.4 Å². The molecule has 0 spiro atoms. The van der Waals surface area contributed by atoms with E-state index in [1.54, 1.807) is 25.1 Å². The summed E-state index contributed by atoms with van der Waals surface area (Å²) in [5, 5.41) is 15.5. The number of hydrogen-bond acceptors (Lipinski definition) is 4. The van der Waals surface area contributed by atoms with Crippen molar-refractivity contribution in [2.45, 2.75) is 13.5 Å². The van der Waals surface area contributed by atoms with Gasteiger partial charge >= 0.3 is 5.97 Å². The molecule has 1 heterocycles. The molecule has 7 heteroatoms. The molecule has 0 aliphatic carbocycles. The van der Waals surface area contributed by atoms with Gasteiger partial charge in [-0.2, -0.15) is 5.10 Å². The zero-order chi connectivity index (χ0) is 14.7. The lowest BCUT2D eigenvalue weighted by Crippen LogP contribution is -2.20. The van der Waals surface area contributed by atoms with Crippen molar-refractivity contribution < 1.29 is 14.7 Å². The monoisotopic (exact) mass is 274 g/mol. The molecule has 0 bridgehead atoms. The van der Waals surface area contributed by atoms with Crippen LogP contribution in [0.3, 0.4) is 0 Å². The number of rotatable bonds is 4. The Labute approximate surface area is 115 Å². The summed E-state index contributed by atoms with van der Waals surface area (Å²) in [6.45, 7) is 1.81. The van der Waals surface area contributed by atoms with Gasteiger partial charge < -0.3 is 16.2 Å². The molecule has 104 valence electrons. The molecule has 4 N–H and O–H groups in total. The highest BCUT2D eigenvalue weighted by molar-refractivity contribution is 5.93. The Morgan fingerprint density at radius 3 is 2.75 bits per heavy atom. The maximum absolute atomic E-state index is 11.9. The summed E-state index contributed by atoms with van der Waals surface area (Å²) in [6, 6.07) is 7.70. The molecular formula is C13H14N4O3. The minimum Gasteiger partial charge on any atom is -0.478 e. The summed E-state index contributed by atoms with van der Waals surface area (Å²) >= 11 is 0. The zero-order valence-corrected chi connectivity index (χ0v) is 10.8. The number of anilines is 2. The molecule has 0 aliphatic rings. The van der Waals surface area contributed by atoms with Crippen LogP contribution in [0, 0.1) is 6.92 Å². The van der Waals surface area contributed by atoms with Crippen LogP contribution in [0.15, 0.2) is 30.3 Å². The van der Waals surface area contributed by atoms with E-state index in [-0.39, 0.29) is 18.0 Å². The summed E-state index contributed by atoms with van der Waals surface area (Å²) in [7, 11) is 0. The number of carboxylic acids is 1. The molecule has 0 radical (unpaired) electrons. The molecule has 1 amide bonds.